The van der Waals surface area contributed by atoms with Crippen LogP contribution in [0.3, 0.4) is 0 Å². The zero-order valence-electron chi connectivity index (χ0n) is 14.4. The predicted octanol–water partition coefficient (Wildman–Crippen LogP) is 6.15. The lowest BCUT2D eigenvalue weighted by Crippen LogP contribution is -2.27. The molecule has 0 radical (unpaired) electrons. The van der Waals surface area contributed by atoms with Crippen molar-refractivity contribution in [2.45, 2.75) is 16.9 Å². The van der Waals surface area contributed by atoms with Crippen molar-refractivity contribution >= 4 is 57.7 Å². The lowest BCUT2D eigenvalue weighted by Gasteiger charge is -2.13. The van der Waals surface area contributed by atoms with Crippen molar-refractivity contribution in [1.29, 1.82) is 0 Å². The normalized spacial score (nSPS) is 15.7. The summed E-state index contributed by atoms with van der Waals surface area (Å²) in [5.74, 6) is 0.513. The molecule has 1 aromatic heterocycles. The van der Waals surface area contributed by atoms with Crippen molar-refractivity contribution in [3.05, 3.63) is 83.0 Å². The van der Waals surface area contributed by atoms with Gasteiger partial charge >= 0.3 is 0 Å². The van der Waals surface area contributed by atoms with Crippen molar-refractivity contribution < 1.29 is 9.21 Å². The number of para-hydroxylation sites is 1. The van der Waals surface area contributed by atoms with E-state index in [9.17, 15) is 4.79 Å². The summed E-state index contributed by atoms with van der Waals surface area (Å²) in [6.07, 6.45) is 1.75. The number of amides is 1. The number of thiocarbonyl (C=S) groups is 1. The SMILES string of the molecule is Cc1ccc(Sc2ccc(C=C3SC(=S)N(c4ccccc4)C3=O)o2)cc1. The maximum Gasteiger partial charge on any atom is 0.270 e. The average molecular weight is 410 g/mol. The van der Waals surface area contributed by atoms with Gasteiger partial charge in [0.15, 0.2) is 9.41 Å². The Hall–Kier alpha value is -2.28. The van der Waals surface area contributed by atoms with Gasteiger partial charge in [-0.3, -0.25) is 9.69 Å². The minimum Gasteiger partial charge on any atom is -0.450 e. The highest BCUT2D eigenvalue weighted by atomic mass is 32.2. The van der Waals surface area contributed by atoms with E-state index >= 15 is 0 Å². The molecule has 1 aliphatic heterocycles. The summed E-state index contributed by atoms with van der Waals surface area (Å²) in [4.78, 5) is 16.0. The number of carbonyl (C=O) groups excluding carboxylic acids is 1. The minimum absolute atomic E-state index is 0.125. The van der Waals surface area contributed by atoms with E-state index in [4.69, 9.17) is 16.6 Å². The number of furan rings is 1. The van der Waals surface area contributed by atoms with E-state index in [1.807, 2.05) is 42.5 Å². The van der Waals surface area contributed by atoms with Crippen LogP contribution in [0.5, 0.6) is 0 Å². The lowest BCUT2D eigenvalue weighted by atomic mass is 10.2. The van der Waals surface area contributed by atoms with Crippen LogP contribution in [0.4, 0.5) is 5.69 Å². The molecule has 2 aromatic carbocycles. The molecular formula is C21H15NO2S3. The summed E-state index contributed by atoms with van der Waals surface area (Å²) in [5, 5.41) is 0.781. The van der Waals surface area contributed by atoms with Gasteiger partial charge in [-0.25, -0.2) is 0 Å². The number of nitrogens with zero attached hydrogens (tertiary/aromatic N) is 1. The molecule has 6 heteroatoms. The number of rotatable bonds is 4. The van der Waals surface area contributed by atoms with Gasteiger partial charge in [-0.15, -0.1) is 0 Å². The maximum atomic E-state index is 12.8. The summed E-state index contributed by atoms with van der Waals surface area (Å²) in [7, 11) is 0. The Balaban J connectivity index is 1.52. The van der Waals surface area contributed by atoms with Gasteiger partial charge in [0.1, 0.15) is 5.76 Å². The van der Waals surface area contributed by atoms with Gasteiger partial charge in [-0.1, -0.05) is 71.6 Å². The highest BCUT2D eigenvalue weighted by molar-refractivity contribution is 8.27. The van der Waals surface area contributed by atoms with E-state index in [1.54, 1.807) is 22.7 Å². The van der Waals surface area contributed by atoms with Gasteiger partial charge in [0.2, 0.25) is 0 Å². The molecule has 4 rings (SSSR count). The molecule has 0 saturated carbocycles. The minimum atomic E-state index is -0.125. The molecule has 0 atom stereocenters. The van der Waals surface area contributed by atoms with Crippen LogP contribution in [0.25, 0.3) is 6.08 Å². The van der Waals surface area contributed by atoms with E-state index in [-0.39, 0.29) is 5.91 Å². The Morgan fingerprint density at radius 3 is 2.52 bits per heavy atom. The molecule has 134 valence electrons. The van der Waals surface area contributed by atoms with Gasteiger partial charge in [-0.2, -0.15) is 0 Å². The molecule has 1 aliphatic rings. The summed E-state index contributed by atoms with van der Waals surface area (Å²) < 4.78 is 6.39. The second-order valence-corrected chi connectivity index (χ2v) is 8.68. The molecule has 0 bridgehead atoms. The first-order valence-corrected chi connectivity index (χ1v) is 10.3. The first kappa shape index (κ1) is 18.1. The average Bonchev–Trinajstić information content (AvgIpc) is 3.22. The number of hydrogen-bond acceptors (Lipinski definition) is 5. The Kier molecular flexibility index (Phi) is 5.20. The molecule has 0 aliphatic carbocycles. The van der Waals surface area contributed by atoms with Crippen molar-refractivity contribution in [3.8, 4) is 0 Å². The summed E-state index contributed by atoms with van der Waals surface area (Å²) >= 11 is 8.23. The zero-order chi connectivity index (χ0) is 18.8. The molecule has 1 saturated heterocycles. The molecule has 0 N–H and O–H groups in total. The zero-order valence-corrected chi connectivity index (χ0v) is 16.9. The second-order valence-electron chi connectivity index (χ2n) is 5.92. The quantitative estimate of drug-likeness (QED) is 0.381. The van der Waals surface area contributed by atoms with Crippen LogP contribution in [-0.2, 0) is 4.79 Å². The van der Waals surface area contributed by atoms with E-state index in [0.29, 0.717) is 15.0 Å². The van der Waals surface area contributed by atoms with Gasteiger partial charge < -0.3 is 4.42 Å². The van der Waals surface area contributed by atoms with E-state index in [0.717, 1.165) is 15.7 Å². The second kappa shape index (κ2) is 7.76. The molecule has 3 aromatic rings. The van der Waals surface area contributed by atoms with Crippen LogP contribution < -0.4 is 4.90 Å². The smallest absolute Gasteiger partial charge is 0.270 e. The van der Waals surface area contributed by atoms with Crippen molar-refractivity contribution in [3.63, 3.8) is 0 Å². The van der Waals surface area contributed by atoms with Crippen LogP contribution in [0.2, 0.25) is 0 Å². The molecule has 2 heterocycles. The molecular weight excluding hydrogens is 394 g/mol. The first-order valence-electron chi connectivity index (χ1n) is 8.27. The fraction of sp³-hybridized carbons (Fsp3) is 0.0476. The van der Waals surface area contributed by atoms with Crippen molar-refractivity contribution in [2.24, 2.45) is 0 Å². The lowest BCUT2D eigenvalue weighted by molar-refractivity contribution is -0.113. The van der Waals surface area contributed by atoms with Crippen LogP contribution >= 0.6 is 35.7 Å². The molecule has 0 spiro atoms. The Labute approximate surface area is 171 Å². The largest absolute Gasteiger partial charge is 0.450 e. The number of carbonyl (C=O) groups is 1. The Bertz CT molecular complexity index is 1020. The highest BCUT2D eigenvalue weighted by Crippen LogP contribution is 2.37. The van der Waals surface area contributed by atoms with E-state index in [2.05, 4.69) is 31.2 Å². The highest BCUT2D eigenvalue weighted by Gasteiger charge is 2.33. The topological polar surface area (TPSA) is 33.5 Å². The summed E-state index contributed by atoms with van der Waals surface area (Å²) in [6, 6.07) is 21.5. The predicted molar refractivity (Wildman–Crippen MR) is 116 cm³/mol. The fourth-order valence-electron chi connectivity index (χ4n) is 2.59. The van der Waals surface area contributed by atoms with Gasteiger partial charge in [0.05, 0.1) is 10.6 Å². The molecule has 3 nitrogen and oxygen atoms in total. The van der Waals surface area contributed by atoms with Crippen LogP contribution in [0, 0.1) is 6.92 Å². The summed E-state index contributed by atoms with van der Waals surface area (Å²) in [6.45, 7) is 2.06. The first-order chi connectivity index (χ1) is 13.1. The Morgan fingerprint density at radius 2 is 1.78 bits per heavy atom. The number of benzene rings is 2. The molecule has 27 heavy (non-hydrogen) atoms. The van der Waals surface area contributed by atoms with Gasteiger partial charge in [0, 0.05) is 11.0 Å². The standard InChI is InChI=1S/C21H15NO2S3/c1-14-7-10-17(11-8-14)26-19-12-9-16(24-19)13-18-20(23)22(21(25)27-18)15-5-3-2-4-6-15/h2-13H,1H3. The third-order valence-electron chi connectivity index (χ3n) is 3.92. The van der Waals surface area contributed by atoms with Gasteiger partial charge in [-0.05, 0) is 43.3 Å². The Morgan fingerprint density at radius 1 is 1.04 bits per heavy atom. The third-order valence-corrected chi connectivity index (χ3v) is 6.15. The van der Waals surface area contributed by atoms with Crippen LogP contribution in [0.15, 0.2) is 86.0 Å². The maximum absolute atomic E-state index is 12.8. The van der Waals surface area contributed by atoms with Crippen LogP contribution in [-0.4, -0.2) is 10.2 Å². The molecule has 1 fully saturated rings. The van der Waals surface area contributed by atoms with Gasteiger partial charge in [0.25, 0.3) is 5.91 Å². The number of aryl methyl sites for hydroxylation is 1. The van der Waals surface area contributed by atoms with Crippen molar-refractivity contribution in [1.82, 2.24) is 0 Å². The number of anilines is 1. The number of thioether (sulfide) groups is 1. The molecule has 1 amide bonds. The monoisotopic (exact) mass is 409 g/mol. The summed E-state index contributed by atoms with van der Waals surface area (Å²) in [5.41, 5.74) is 2.00. The van der Waals surface area contributed by atoms with E-state index < -0.39 is 0 Å². The third kappa shape index (κ3) is 4.03. The number of hydrogen-bond donors (Lipinski definition) is 0. The van der Waals surface area contributed by atoms with Crippen LogP contribution in [0.1, 0.15) is 11.3 Å². The fourth-order valence-corrected chi connectivity index (χ4v) is 4.64. The van der Waals surface area contributed by atoms with Crippen molar-refractivity contribution in [2.75, 3.05) is 4.90 Å². The van der Waals surface area contributed by atoms with E-state index in [1.165, 1.54) is 17.3 Å². The molecule has 0 unspecified atom stereocenters.